The van der Waals surface area contributed by atoms with Crippen LogP contribution < -0.4 is 5.32 Å². The van der Waals surface area contributed by atoms with Crippen LogP contribution in [0.2, 0.25) is 0 Å². The highest BCUT2D eigenvalue weighted by Crippen LogP contribution is 2.43. The molecular formula is C21H31NO3. The van der Waals surface area contributed by atoms with Crippen LogP contribution in [0.4, 0.5) is 0 Å². The second-order valence-electron chi connectivity index (χ2n) is 6.97. The van der Waals surface area contributed by atoms with E-state index in [1.807, 2.05) is 34.6 Å². The van der Waals surface area contributed by atoms with Crippen LogP contribution in [0.25, 0.3) is 5.57 Å². The zero-order valence-electron chi connectivity index (χ0n) is 16.3. The summed E-state index contributed by atoms with van der Waals surface area (Å²) in [7, 11) is 1.72. The highest BCUT2D eigenvalue weighted by molar-refractivity contribution is 6.24. The molecule has 1 aromatic rings. The number of hydrogen-bond donors (Lipinski definition) is 2. The second kappa shape index (κ2) is 7.61. The highest BCUT2D eigenvalue weighted by atomic mass is 16.5. The van der Waals surface area contributed by atoms with E-state index < -0.39 is 5.54 Å². The number of amides is 1. The minimum Gasteiger partial charge on any atom is -0.509 e. The molecule has 1 saturated carbocycles. The van der Waals surface area contributed by atoms with E-state index in [-0.39, 0.29) is 17.8 Å². The first-order valence-electron chi connectivity index (χ1n) is 9.25. The lowest BCUT2D eigenvalue weighted by molar-refractivity contribution is -0.116. The van der Waals surface area contributed by atoms with Crippen molar-refractivity contribution < 1.29 is 14.6 Å². The highest BCUT2D eigenvalue weighted by Gasteiger charge is 2.48. The number of aliphatic hydroxyl groups is 1. The summed E-state index contributed by atoms with van der Waals surface area (Å²) in [5.41, 5.74) is 3.94. The summed E-state index contributed by atoms with van der Waals surface area (Å²) in [6.45, 7) is 10.0. The quantitative estimate of drug-likeness (QED) is 0.837. The van der Waals surface area contributed by atoms with Gasteiger partial charge in [0.15, 0.2) is 0 Å². The second-order valence-corrected chi connectivity index (χ2v) is 6.97. The Bertz CT molecular complexity index is 659. The van der Waals surface area contributed by atoms with Crippen LogP contribution in [0.1, 0.15) is 61.8 Å². The van der Waals surface area contributed by atoms with Crippen LogP contribution in [0.5, 0.6) is 0 Å². The lowest BCUT2D eigenvalue weighted by atomic mass is 9.79. The SMILES string of the molecule is CC.COC1CCC2(CC1)NC(=O)C(c1c(C)cc(C)cc1C)=C2O. The molecule has 25 heavy (non-hydrogen) atoms. The van der Waals surface area contributed by atoms with Crippen LogP contribution in [0.15, 0.2) is 17.9 Å². The van der Waals surface area contributed by atoms with E-state index in [4.69, 9.17) is 4.74 Å². The van der Waals surface area contributed by atoms with Crippen molar-refractivity contribution in [2.75, 3.05) is 7.11 Å². The Kier molecular flexibility index (Phi) is 5.94. The molecular weight excluding hydrogens is 314 g/mol. The maximum atomic E-state index is 12.6. The lowest BCUT2D eigenvalue weighted by Gasteiger charge is -2.36. The maximum absolute atomic E-state index is 12.6. The van der Waals surface area contributed by atoms with Crippen LogP contribution in [-0.4, -0.2) is 29.8 Å². The van der Waals surface area contributed by atoms with Gasteiger partial charge in [-0.25, -0.2) is 0 Å². The monoisotopic (exact) mass is 345 g/mol. The third-order valence-electron chi connectivity index (χ3n) is 5.32. The first-order valence-corrected chi connectivity index (χ1v) is 9.25. The number of benzene rings is 1. The minimum absolute atomic E-state index is 0.159. The van der Waals surface area contributed by atoms with Gasteiger partial charge in [0.25, 0.3) is 5.91 Å². The van der Waals surface area contributed by atoms with Gasteiger partial charge < -0.3 is 15.2 Å². The first-order chi connectivity index (χ1) is 11.9. The molecule has 1 amide bonds. The predicted molar refractivity (Wildman–Crippen MR) is 102 cm³/mol. The van der Waals surface area contributed by atoms with E-state index in [9.17, 15) is 9.90 Å². The molecule has 0 bridgehead atoms. The molecule has 3 rings (SSSR count). The zero-order valence-corrected chi connectivity index (χ0v) is 16.3. The third-order valence-corrected chi connectivity index (χ3v) is 5.32. The van der Waals surface area contributed by atoms with Crippen molar-refractivity contribution in [3.05, 3.63) is 40.1 Å². The molecule has 2 N–H and O–H groups in total. The predicted octanol–water partition coefficient (Wildman–Crippen LogP) is 4.36. The molecule has 0 aromatic heterocycles. The van der Waals surface area contributed by atoms with Crippen molar-refractivity contribution in [1.29, 1.82) is 0 Å². The molecule has 1 heterocycles. The van der Waals surface area contributed by atoms with Crippen molar-refractivity contribution in [2.45, 2.75) is 71.9 Å². The van der Waals surface area contributed by atoms with Gasteiger partial charge in [-0.15, -0.1) is 0 Å². The first kappa shape index (κ1) is 19.5. The Hall–Kier alpha value is -1.81. The summed E-state index contributed by atoms with van der Waals surface area (Å²) in [5, 5.41) is 14.0. The van der Waals surface area contributed by atoms with Gasteiger partial charge >= 0.3 is 0 Å². The summed E-state index contributed by atoms with van der Waals surface area (Å²) < 4.78 is 5.41. The Balaban J connectivity index is 0.00000109. The zero-order chi connectivity index (χ0) is 18.8. The van der Waals surface area contributed by atoms with Crippen molar-refractivity contribution in [3.8, 4) is 0 Å². The van der Waals surface area contributed by atoms with E-state index in [2.05, 4.69) is 17.4 Å². The molecule has 0 radical (unpaired) electrons. The summed E-state index contributed by atoms with van der Waals surface area (Å²) in [6, 6.07) is 4.12. The Morgan fingerprint density at radius 2 is 1.64 bits per heavy atom. The summed E-state index contributed by atoms with van der Waals surface area (Å²) in [6.07, 6.45) is 3.35. The molecule has 138 valence electrons. The fourth-order valence-corrected chi connectivity index (χ4v) is 4.17. The van der Waals surface area contributed by atoms with E-state index in [0.29, 0.717) is 5.57 Å². The molecule has 1 fully saturated rings. The molecule has 1 spiro atoms. The number of ether oxygens (including phenoxy) is 1. The topological polar surface area (TPSA) is 58.6 Å². The van der Waals surface area contributed by atoms with Gasteiger partial charge in [0.05, 0.1) is 17.2 Å². The van der Waals surface area contributed by atoms with Gasteiger partial charge in [-0.3, -0.25) is 4.79 Å². The van der Waals surface area contributed by atoms with Gasteiger partial charge in [0.2, 0.25) is 0 Å². The molecule has 0 unspecified atom stereocenters. The summed E-state index contributed by atoms with van der Waals surface area (Å²) in [5.74, 6) is 0.0560. The molecule has 0 saturated heterocycles. The normalized spacial score (nSPS) is 25.7. The molecule has 1 aliphatic heterocycles. The molecule has 1 aliphatic carbocycles. The van der Waals surface area contributed by atoms with Crippen molar-refractivity contribution >= 4 is 11.5 Å². The number of methoxy groups -OCH3 is 1. The van der Waals surface area contributed by atoms with Gasteiger partial charge in [-0.1, -0.05) is 31.5 Å². The fraction of sp³-hybridized carbons (Fsp3) is 0.571. The van der Waals surface area contributed by atoms with Crippen LogP contribution in [0, 0.1) is 20.8 Å². The van der Waals surface area contributed by atoms with Gasteiger partial charge in [-0.05, 0) is 63.1 Å². The molecule has 0 atom stereocenters. The van der Waals surface area contributed by atoms with E-state index in [1.54, 1.807) is 7.11 Å². The van der Waals surface area contributed by atoms with Gasteiger partial charge in [-0.2, -0.15) is 0 Å². The summed E-state index contributed by atoms with van der Waals surface area (Å²) in [4.78, 5) is 12.6. The lowest BCUT2D eigenvalue weighted by Crippen LogP contribution is -2.48. The number of rotatable bonds is 2. The van der Waals surface area contributed by atoms with Crippen LogP contribution >= 0.6 is 0 Å². The van der Waals surface area contributed by atoms with Crippen molar-refractivity contribution in [3.63, 3.8) is 0 Å². The average molecular weight is 345 g/mol. The molecule has 2 aliphatic rings. The third kappa shape index (κ3) is 3.45. The number of carbonyl (C=O) groups is 1. The maximum Gasteiger partial charge on any atom is 0.256 e. The fourth-order valence-electron chi connectivity index (χ4n) is 4.17. The number of aryl methyl sites for hydroxylation is 3. The van der Waals surface area contributed by atoms with Gasteiger partial charge in [0.1, 0.15) is 5.76 Å². The van der Waals surface area contributed by atoms with E-state index in [0.717, 1.165) is 47.9 Å². The van der Waals surface area contributed by atoms with Crippen molar-refractivity contribution in [1.82, 2.24) is 5.32 Å². The summed E-state index contributed by atoms with van der Waals surface area (Å²) >= 11 is 0. The molecule has 1 aromatic carbocycles. The number of hydrogen-bond acceptors (Lipinski definition) is 3. The number of carbonyl (C=O) groups excluding carboxylic acids is 1. The van der Waals surface area contributed by atoms with Crippen molar-refractivity contribution in [2.24, 2.45) is 0 Å². The van der Waals surface area contributed by atoms with Crippen LogP contribution in [-0.2, 0) is 9.53 Å². The van der Waals surface area contributed by atoms with E-state index in [1.165, 1.54) is 0 Å². The van der Waals surface area contributed by atoms with E-state index >= 15 is 0 Å². The average Bonchev–Trinajstić information content (AvgIpc) is 2.81. The largest absolute Gasteiger partial charge is 0.509 e. The van der Waals surface area contributed by atoms with Crippen LogP contribution in [0.3, 0.4) is 0 Å². The number of nitrogens with one attached hydrogen (secondary N) is 1. The smallest absolute Gasteiger partial charge is 0.256 e. The standard InChI is InChI=1S/C19H25NO3.C2H6/c1-11-9-12(2)15(13(3)10-11)16-17(21)19(20-18(16)22)7-5-14(23-4)6-8-19;1-2/h9-10,14,21H,5-8H2,1-4H3,(H,20,22);1-2H3. The Morgan fingerprint density at radius 3 is 2.12 bits per heavy atom. The van der Waals surface area contributed by atoms with Gasteiger partial charge in [0, 0.05) is 7.11 Å². The number of aliphatic hydroxyl groups excluding tert-OH is 1. The minimum atomic E-state index is -0.606. The Morgan fingerprint density at radius 1 is 1.12 bits per heavy atom. The molecule has 4 nitrogen and oxygen atoms in total. The molecule has 4 heteroatoms. The Labute approximate surface area is 151 Å².